The lowest BCUT2D eigenvalue weighted by Gasteiger charge is -2.09. The van der Waals surface area contributed by atoms with Gasteiger partial charge in [0.25, 0.3) is 0 Å². The highest BCUT2D eigenvalue weighted by Gasteiger charge is 2.07. The van der Waals surface area contributed by atoms with Crippen LogP contribution in [0.1, 0.15) is 0 Å². The largest absolute Gasteiger partial charge is 0.356 e. The minimum absolute atomic E-state index is 1.09. The summed E-state index contributed by atoms with van der Waals surface area (Å²) in [5.74, 6) is 0. The smallest absolute Gasteiger partial charge is 0.0384 e. The van der Waals surface area contributed by atoms with E-state index in [1.54, 1.807) is 0 Å². The predicted octanol–water partition coefficient (Wildman–Crippen LogP) is 10.3. The van der Waals surface area contributed by atoms with Crippen LogP contribution in [0, 0.1) is 0 Å². The summed E-state index contributed by atoms with van der Waals surface area (Å²) in [4.78, 5) is 1.30. The minimum atomic E-state index is 1.09. The van der Waals surface area contributed by atoms with E-state index in [1.165, 1.54) is 51.8 Å². The Labute approximate surface area is 211 Å². The van der Waals surface area contributed by atoms with Gasteiger partial charge in [0.2, 0.25) is 0 Å². The van der Waals surface area contributed by atoms with Crippen LogP contribution in [0.25, 0.3) is 51.8 Å². The van der Waals surface area contributed by atoms with Crippen LogP contribution in [0.3, 0.4) is 0 Å². The second-order valence-electron chi connectivity index (χ2n) is 8.74. The first-order valence-corrected chi connectivity index (χ1v) is 13.3. The van der Waals surface area contributed by atoms with E-state index in [9.17, 15) is 0 Å². The average Bonchev–Trinajstić information content (AvgIpc) is 3.51. The van der Waals surface area contributed by atoms with Crippen LogP contribution in [0.2, 0.25) is 0 Å². The molecule has 0 saturated carbocycles. The lowest BCUT2D eigenvalue weighted by atomic mass is 10.0. The number of hydrogen-bond acceptors (Lipinski definition) is 3. The number of benzene rings is 5. The zero-order valence-electron chi connectivity index (χ0n) is 18.9. The van der Waals surface area contributed by atoms with Crippen LogP contribution in [0.15, 0.2) is 121 Å². The van der Waals surface area contributed by atoms with Crippen molar-refractivity contribution in [2.45, 2.75) is 0 Å². The minimum Gasteiger partial charge on any atom is -0.356 e. The fourth-order valence-electron chi connectivity index (χ4n) is 4.66. The maximum absolute atomic E-state index is 3.54. The maximum Gasteiger partial charge on any atom is 0.0384 e. The lowest BCUT2D eigenvalue weighted by molar-refractivity contribution is 1.54. The SMILES string of the molecule is c1ccc2sc(-c3ccc(Nc4ccc(-c5ccc6sc7ccccc7c6c5)cc4)cc3)cc2c1. The van der Waals surface area contributed by atoms with Gasteiger partial charge < -0.3 is 5.32 Å². The Morgan fingerprint density at radius 2 is 1.06 bits per heavy atom. The molecule has 0 atom stereocenters. The number of rotatable bonds is 4. The molecule has 0 fully saturated rings. The van der Waals surface area contributed by atoms with Crippen molar-refractivity contribution in [1.29, 1.82) is 0 Å². The molecule has 2 heterocycles. The van der Waals surface area contributed by atoms with Gasteiger partial charge in [-0.2, -0.15) is 0 Å². The fraction of sp³-hybridized carbons (Fsp3) is 0. The third-order valence-corrected chi connectivity index (χ3v) is 8.80. The lowest BCUT2D eigenvalue weighted by Crippen LogP contribution is -1.90. The molecule has 0 amide bonds. The normalized spacial score (nSPS) is 11.4. The molecule has 0 radical (unpaired) electrons. The van der Waals surface area contributed by atoms with Gasteiger partial charge in [-0.1, -0.05) is 66.7 Å². The van der Waals surface area contributed by atoms with E-state index in [1.807, 2.05) is 22.7 Å². The van der Waals surface area contributed by atoms with Crippen molar-refractivity contribution < 1.29 is 0 Å². The second-order valence-corrected chi connectivity index (χ2v) is 10.9. The summed E-state index contributed by atoms with van der Waals surface area (Å²) in [5.41, 5.74) is 5.91. The quantitative estimate of drug-likeness (QED) is 0.262. The molecule has 0 aliphatic carbocycles. The summed E-state index contributed by atoms with van der Waals surface area (Å²) in [7, 11) is 0. The summed E-state index contributed by atoms with van der Waals surface area (Å²) in [6, 6.07) is 43.7. The number of hydrogen-bond donors (Lipinski definition) is 1. The van der Waals surface area contributed by atoms with Gasteiger partial charge in [-0.25, -0.2) is 0 Å². The van der Waals surface area contributed by atoms with Gasteiger partial charge in [0.15, 0.2) is 0 Å². The van der Waals surface area contributed by atoms with E-state index >= 15 is 0 Å². The third-order valence-electron chi connectivity index (χ3n) is 6.48. The molecule has 0 bridgehead atoms. The zero-order chi connectivity index (χ0) is 23.2. The average molecular weight is 484 g/mol. The zero-order valence-corrected chi connectivity index (χ0v) is 20.5. The topological polar surface area (TPSA) is 12.0 Å². The van der Waals surface area contributed by atoms with Crippen molar-refractivity contribution in [3.05, 3.63) is 121 Å². The highest BCUT2D eigenvalue weighted by molar-refractivity contribution is 7.25. The second kappa shape index (κ2) is 8.38. The molecule has 1 N–H and O–H groups in total. The Morgan fingerprint density at radius 3 is 1.83 bits per heavy atom. The Balaban J connectivity index is 1.12. The number of anilines is 2. The summed E-state index contributed by atoms with van der Waals surface area (Å²) < 4.78 is 4.01. The summed E-state index contributed by atoms with van der Waals surface area (Å²) >= 11 is 3.70. The van der Waals surface area contributed by atoms with E-state index in [4.69, 9.17) is 0 Å². The number of thiophene rings is 2. The van der Waals surface area contributed by atoms with E-state index in [2.05, 4.69) is 127 Å². The van der Waals surface area contributed by atoms with Gasteiger partial charge in [-0.3, -0.25) is 0 Å². The number of fused-ring (bicyclic) bond motifs is 4. The molecule has 0 unspecified atom stereocenters. The molecule has 0 aliphatic rings. The predicted molar refractivity (Wildman–Crippen MR) is 155 cm³/mol. The third kappa shape index (κ3) is 3.79. The van der Waals surface area contributed by atoms with Gasteiger partial charge in [-0.05, 0) is 76.7 Å². The molecule has 5 aromatic carbocycles. The van der Waals surface area contributed by atoms with Crippen LogP contribution in [0.5, 0.6) is 0 Å². The van der Waals surface area contributed by atoms with E-state index in [0.717, 1.165) is 11.4 Å². The number of nitrogens with one attached hydrogen (secondary N) is 1. The Bertz CT molecular complexity index is 1770. The molecule has 166 valence electrons. The monoisotopic (exact) mass is 483 g/mol. The first kappa shape index (κ1) is 20.5. The first-order valence-electron chi connectivity index (χ1n) is 11.7. The van der Waals surface area contributed by atoms with Crippen molar-refractivity contribution in [2.75, 3.05) is 5.32 Å². The molecule has 3 heteroatoms. The van der Waals surface area contributed by atoms with Crippen molar-refractivity contribution >= 4 is 64.3 Å². The maximum atomic E-state index is 3.54. The summed E-state index contributed by atoms with van der Waals surface area (Å²) in [6.07, 6.45) is 0. The first-order chi connectivity index (χ1) is 17.3. The highest BCUT2D eigenvalue weighted by atomic mass is 32.1. The summed E-state index contributed by atoms with van der Waals surface area (Å²) in [5, 5.41) is 7.53. The van der Waals surface area contributed by atoms with Crippen molar-refractivity contribution in [3.63, 3.8) is 0 Å². The van der Waals surface area contributed by atoms with E-state index < -0.39 is 0 Å². The van der Waals surface area contributed by atoms with Crippen LogP contribution in [0.4, 0.5) is 11.4 Å². The van der Waals surface area contributed by atoms with Gasteiger partial charge in [0.1, 0.15) is 0 Å². The molecule has 2 aromatic heterocycles. The Kier molecular flexibility index (Phi) is 4.90. The van der Waals surface area contributed by atoms with Crippen LogP contribution in [-0.4, -0.2) is 0 Å². The molecule has 35 heavy (non-hydrogen) atoms. The fourth-order valence-corrected chi connectivity index (χ4v) is 6.81. The standard InChI is InChI=1S/C32H21NS2/c1-3-7-29-24(5-1)20-32(34-29)22-11-16-26(17-12-22)33-25-14-9-21(10-15-25)23-13-18-31-28(19-23)27-6-2-4-8-30(27)35-31/h1-20,33H. The van der Waals surface area contributed by atoms with Gasteiger partial charge in [0.05, 0.1) is 0 Å². The van der Waals surface area contributed by atoms with Crippen molar-refractivity contribution in [3.8, 4) is 21.6 Å². The molecule has 0 aliphatic heterocycles. The van der Waals surface area contributed by atoms with Crippen LogP contribution < -0.4 is 5.32 Å². The van der Waals surface area contributed by atoms with Gasteiger partial charge in [0, 0.05) is 41.1 Å². The molecule has 1 nitrogen and oxygen atoms in total. The van der Waals surface area contributed by atoms with E-state index in [-0.39, 0.29) is 0 Å². The molecule has 0 saturated heterocycles. The van der Waals surface area contributed by atoms with E-state index in [0.29, 0.717) is 0 Å². The molecule has 7 rings (SSSR count). The van der Waals surface area contributed by atoms with Crippen LogP contribution >= 0.6 is 22.7 Å². The molecular weight excluding hydrogens is 462 g/mol. The van der Waals surface area contributed by atoms with Gasteiger partial charge >= 0.3 is 0 Å². The van der Waals surface area contributed by atoms with Crippen molar-refractivity contribution in [2.24, 2.45) is 0 Å². The summed E-state index contributed by atoms with van der Waals surface area (Å²) in [6.45, 7) is 0. The van der Waals surface area contributed by atoms with Gasteiger partial charge in [-0.15, -0.1) is 22.7 Å². The Morgan fingerprint density at radius 1 is 0.429 bits per heavy atom. The molecule has 0 spiro atoms. The highest BCUT2D eigenvalue weighted by Crippen LogP contribution is 2.37. The molecule has 7 aromatic rings. The van der Waals surface area contributed by atoms with Crippen molar-refractivity contribution in [1.82, 2.24) is 0 Å². The molecular formula is C32H21NS2. The Hall–Kier alpha value is -3.92. The van der Waals surface area contributed by atoms with Crippen LogP contribution in [-0.2, 0) is 0 Å².